The number of hydrogen-bond donors (Lipinski definition) is 1. The number of amides is 1. The molecule has 1 amide bonds. The molecular weight excluding hydrogens is 408 g/mol. The summed E-state index contributed by atoms with van der Waals surface area (Å²) in [5.41, 5.74) is 0.585. The van der Waals surface area contributed by atoms with E-state index < -0.39 is 17.7 Å². The largest absolute Gasteiger partial charge is 0.462 e. The zero-order chi connectivity index (χ0) is 18.6. The van der Waals surface area contributed by atoms with E-state index in [0.29, 0.717) is 10.6 Å². The molecular formula is C17H19BrN2O4S. The third-order valence-electron chi connectivity index (χ3n) is 2.81. The van der Waals surface area contributed by atoms with Gasteiger partial charge in [-0.2, -0.15) is 0 Å². The summed E-state index contributed by atoms with van der Waals surface area (Å²) in [4.78, 5) is 28.9. The number of hydrogen-bond acceptors (Lipinski definition) is 6. The van der Waals surface area contributed by atoms with Gasteiger partial charge in [-0.1, -0.05) is 39.4 Å². The Bertz CT molecular complexity index is 766. The molecule has 134 valence electrons. The summed E-state index contributed by atoms with van der Waals surface area (Å²) in [6.07, 6.45) is -0.626. The lowest BCUT2D eigenvalue weighted by molar-refractivity contribution is 0.0531. The fourth-order valence-electron chi connectivity index (χ4n) is 1.90. The summed E-state index contributed by atoms with van der Waals surface area (Å²) < 4.78 is 11.2. The van der Waals surface area contributed by atoms with Gasteiger partial charge >= 0.3 is 12.1 Å². The van der Waals surface area contributed by atoms with Gasteiger partial charge in [0.1, 0.15) is 10.5 Å². The van der Waals surface area contributed by atoms with Crippen molar-refractivity contribution in [2.75, 3.05) is 11.9 Å². The lowest BCUT2D eigenvalue weighted by atomic mass is 10.1. The lowest BCUT2D eigenvalue weighted by Crippen LogP contribution is -2.27. The molecule has 0 saturated heterocycles. The molecule has 0 saturated carbocycles. The molecule has 0 aliphatic carbocycles. The molecule has 25 heavy (non-hydrogen) atoms. The van der Waals surface area contributed by atoms with E-state index in [2.05, 4.69) is 26.2 Å². The van der Waals surface area contributed by atoms with E-state index in [9.17, 15) is 9.59 Å². The fourth-order valence-corrected chi connectivity index (χ4v) is 3.03. The van der Waals surface area contributed by atoms with E-state index in [1.807, 2.05) is 24.3 Å². The summed E-state index contributed by atoms with van der Waals surface area (Å²) in [7, 11) is 0. The van der Waals surface area contributed by atoms with Gasteiger partial charge < -0.3 is 9.47 Å². The van der Waals surface area contributed by atoms with E-state index >= 15 is 0 Å². The average molecular weight is 427 g/mol. The van der Waals surface area contributed by atoms with Crippen LogP contribution in [0, 0.1) is 0 Å². The molecule has 2 aromatic rings. The molecule has 1 aromatic heterocycles. The maximum absolute atomic E-state index is 12.2. The molecule has 1 heterocycles. The number of nitrogens with zero attached hydrogens (tertiary/aromatic N) is 1. The Balaban J connectivity index is 2.34. The third kappa shape index (κ3) is 5.54. The van der Waals surface area contributed by atoms with Gasteiger partial charge in [-0.3, -0.25) is 5.32 Å². The van der Waals surface area contributed by atoms with Crippen LogP contribution < -0.4 is 5.32 Å². The number of anilines is 1. The normalized spacial score (nSPS) is 11.1. The van der Waals surface area contributed by atoms with Crippen molar-refractivity contribution < 1.29 is 19.1 Å². The summed E-state index contributed by atoms with van der Waals surface area (Å²) in [6.45, 7) is 7.30. The molecule has 0 aliphatic heterocycles. The highest BCUT2D eigenvalue weighted by Gasteiger charge is 2.23. The molecule has 0 atom stereocenters. The second-order valence-corrected chi connectivity index (χ2v) is 7.97. The molecule has 0 fully saturated rings. The first-order valence-corrected chi connectivity index (χ1v) is 9.24. The Labute approximate surface area is 158 Å². The molecule has 8 heteroatoms. The maximum Gasteiger partial charge on any atom is 0.413 e. The molecule has 0 spiro atoms. The minimum absolute atomic E-state index is 0.255. The van der Waals surface area contributed by atoms with Crippen LogP contribution in [-0.2, 0) is 9.47 Å². The predicted octanol–water partition coefficient (Wildman–Crippen LogP) is 5.10. The van der Waals surface area contributed by atoms with Crippen molar-refractivity contribution in [2.45, 2.75) is 33.3 Å². The number of halogens is 1. The molecule has 1 aromatic carbocycles. The highest BCUT2D eigenvalue weighted by atomic mass is 79.9. The molecule has 0 bridgehead atoms. The van der Waals surface area contributed by atoms with Crippen LogP contribution >= 0.6 is 27.3 Å². The van der Waals surface area contributed by atoms with Gasteiger partial charge in [-0.15, -0.1) is 0 Å². The van der Waals surface area contributed by atoms with Crippen LogP contribution in [0.3, 0.4) is 0 Å². The number of rotatable bonds is 4. The zero-order valence-corrected chi connectivity index (χ0v) is 16.8. The van der Waals surface area contributed by atoms with Crippen LogP contribution in [-0.4, -0.2) is 29.3 Å². The summed E-state index contributed by atoms with van der Waals surface area (Å²) in [5, 5.41) is 2.84. The fraction of sp³-hybridized carbons (Fsp3) is 0.353. The zero-order valence-electron chi connectivity index (χ0n) is 14.4. The van der Waals surface area contributed by atoms with Gasteiger partial charge in [0.25, 0.3) is 0 Å². The number of aromatic nitrogens is 1. The number of nitrogens with one attached hydrogen (secondary N) is 1. The number of carbonyl (C=O) groups is 2. The molecule has 2 rings (SSSR count). The molecule has 1 N–H and O–H groups in total. The SMILES string of the molecule is CCOC(=O)c1sc(NC(=O)OC(C)(C)C)nc1-c1ccc(Br)cc1. The first-order chi connectivity index (χ1) is 11.7. The van der Waals surface area contributed by atoms with Crippen LogP contribution in [0.1, 0.15) is 37.4 Å². The second kappa shape index (κ2) is 7.97. The summed E-state index contributed by atoms with van der Waals surface area (Å²) in [5.74, 6) is -0.477. The van der Waals surface area contributed by atoms with Crippen LogP contribution in [0.25, 0.3) is 11.3 Å². The van der Waals surface area contributed by atoms with Crippen molar-refractivity contribution >= 4 is 44.5 Å². The van der Waals surface area contributed by atoms with Crippen LogP contribution in [0.4, 0.5) is 9.93 Å². The third-order valence-corrected chi connectivity index (χ3v) is 4.29. The van der Waals surface area contributed by atoms with Crippen molar-refractivity contribution in [3.8, 4) is 11.3 Å². The van der Waals surface area contributed by atoms with Crippen molar-refractivity contribution in [1.82, 2.24) is 4.98 Å². The quantitative estimate of drug-likeness (QED) is 0.688. The Morgan fingerprint density at radius 2 is 1.88 bits per heavy atom. The van der Waals surface area contributed by atoms with Crippen LogP contribution in [0.15, 0.2) is 28.7 Å². The Hall–Kier alpha value is -1.93. The molecule has 0 aliphatic rings. The smallest absolute Gasteiger partial charge is 0.413 e. The van der Waals surface area contributed by atoms with E-state index in [4.69, 9.17) is 9.47 Å². The average Bonchev–Trinajstić information content (AvgIpc) is 2.90. The highest BCUT2D eigenvalue weighted by molar-refractivity contribution is 9.10. The predicted molar refractivity (Wildman–Crippen MR) is 101 cm³/mol. The molecule has 6 nitrogen and oxygen atoms in total. The number of benzene rings is 1. The minimum atomic E-state index is -0.626. The Morgan fingerprint density at radius 1 is 1.24 bits per heavy atom. The minimum Gasteiger partial charge on any atom is -0.462 e. The van der Waals surface area contributed by atoms with E-state index in [1.54, 1.807) is 27.7 Å². The van der Waals surface area contributed by atoms with Gasteiger partial charge in [-0.05, 0) is 39.8 Å². The van der Waals surface area contributed by atoms with Gasteiger partial charge in [0, 0.05) is 10.0 Å². The summed E-state index contributed by atoms with van der Waals surface area (Å²) in [6, 6.07) is 7.37. The Morgan fingerprint density at radius 3 is 2.44 bits per heavy atom. The van der Waals surface area contributed by atoms with Crippen LogP contribution in [0.2, 0.25) is 0 Å². The topological polar surface area (TPSA) is 77.5 Å². The second-order valence-electron chi connectivity index (χ2n) is 6.05. The van der Waals surface area contributed by atoms with Crippen molar-refractivity contribution in [3.63, 3.8) is 0 Å². The Kier molecular flexibility index (Phi) is 6.18. The van der Waals surface area contributed by atoms with Gasteiger partial charge in [0.2, 0.25) is 0 Å². The van der Waals surface area contributed by atoms with Gasteiger partial charge in [-0.25, -0.2) is 14.6 Å². The molecule has 0 unspecified atom stereocenters. The number of thiazole rings is 1. The monoisotopic (exact) mass is 426 g/mol. The lowest BCUT2D eigenvalue weighted by Gasteiger charge is -2.18. The van der Waals surface area contributed by atoms with E-state index in [-0.39, 0.29) is 11.7 Å². The van der Waals surface area contributed by atoms with Crippen LogP contribution in [0.5, 0.6) is 0 Å². The maximum atomic E-state index is 12.2. The standard InChI is InChI=1S/C17H19BrN2O4S/c1-5-23-14(21)13-12(10-6-8-11(18)9-7-10)19-15(25-13)20-16(22)24-17(2,3)4/h6-9H,5H2,1-4H3,(H,19,20,22). The number of ether oxygens (including phenoxy) is 2. The first-order valence-electron chi connectivity index (χ1n) is 7.63. The van der Waals surface area contributed by atoms with E-state index in [0.717, 1.165) is 21.4 Å². The van der Waals surface area contributed by atoms with Gasteiger partial charge in [0.05, 0.1) is 12.3 Å². The number of esters is 1. The van der Waals surface area contributed by atoms with Crippen molar-refractivity contribution in [3.05, 3.63) is 33.6 Å². The van der Waals surface area contributed by atoms with E-state index in [1.165, 1.54) is 0 Å². The van der Waals surface area contributed by atoms with Crippen molar-refractivity contribution in [2.24, 2.45) is 0 Å². The van der Waals surface area contributed by atoms with Crippen molar-refractivity contribution in [1.29, 1.82) is 0 Å². The van der Waals surface area contributed by atoms with Gasteiger partial charge in [0.15, 0.2) is 5.13 Å². The number of carbonyl (C=O) groups excluding carboxylic acids is 2. The first kappa shape index (κ1) is 19.4. The molecule has 0 radical (unpaired) electrons. The highest BCUT2D eigenvalue weighted by Crippen LogP contribution is 2.32. The summed E-state index contributed by atoms with van der Waals surface area (Å²) >= 11 is 4.42.